The van der Waals surface area contributed by atoms with E-state index >= 15 is 0 Å². The highest BCUT2D eigenvalue weighted by Crippen LogP contribution is 2.24. The number of hydrogen-bond acceptors (Lipinski definition) is 5. The first-order valence-corrected chi connectivity index (χ1v) is 5.38. The largest absolute Gasteiger partial charge is 0.497 e. The van der Waals surface area contributed by atoms with Crippen LogP contribution in [0.5, 0.6) is 11.5 Å². The molecule has 0 aliphatic heterocycles. The van der Waals surface area contributed by atoms with Crippen LogP contribution in [0.1, 0.15) is 17.3 Å². The van der Waals surface area contributed by atoms with E-state index in [2.05, 4.69) is 4.74 Å². The molecule has 0 saturated carbocycles. The molecule has 5 nitrogen and oxygen atoms in total. The molecular weight excluding hydrogens is 236 g/mol. The Kier molecular flexibility index (Phi) is 4.71. The molecular formula is C13H16O5. The topological polar surface area (TPSA) is 61.8 Å². The van der Waals surface area contributed by atoms with Crippen LogP contribution < -0.4 is 9.47 Å². The summed E-state index contributed by atoms with van der Waals surface area (Å²) in [4.78, 5) is 23.4. The first-order chi connectivity index (χ1) is 8.53. The molecule has 1 rings (SSSR count). The van der Waals surface area contributed by atoms with Gasteiger partial charge in [0.2, 0.25) is 0 Å². The van der Waals surface area contributed by atoms with Gasteiger partial charge in [-0.25, -0.2) is 0 Å². The Labute approximate surface area is 106 Å². The summed E-state index contributed by atoms with van der Waals surface area (Å²) in [5.41, 5.74) is 0.351. The molecule has 18 heavy (non-hydrogen) atoms. The molecule has 0 bridgehead atoms. The van der Waals surface area contributed by atoms with Crippen molar-refractivity contribution in [1.29, 1.82) is 0 Å². The Bertz CT molecular complexity index is 430. The van der Waals surface area contributed by atoms with E-state index in [-0.39, 0.29) is 5.78 Å². The van der Waals surface area contributed by atoms with E-state index in [4.69, 9.17) is 9.47 Å². The molecule has 98 valence electrons. The minimum absolute atomic E-state index is 0.334. The molecule has 5 heteroatoms. The first kappa shape index (κ1) is 14.0. The van der Waals surface area contributed by atoms with Crippen LogP contribution >= 0.6 is 0 Å². The van der Waals surface area contributed by atoms with Gasteiger partial charge in [0.1, 0.15) is 17.4 Å². The van der Waals surface area contributed by atoms with Crippen LogP contribution in [0.2, 0.25) is 0 Å². The third-order valence-electron chi connectivity index (χ3n) is 2.58. The number of ketones is 1. The Morgan fingerprint density at radius 2 is 1.50 bits per heavy atom. The number of hydrogen-bond donors (Lipinski definition) is 0. The molecule has 1 atom stereocenters. The molecule has 1 unspecified atom stereocenters. The Morgan fingerprint density at radius 3 is 1.89 bits per heavy atom. The second-order valence-corrected chi connectivity index (χ2v) is 3.71. The second-order valence-electron chi connectivity index (χ2n) is 3.71. The van der Waals surface area contributed by atoms with E-state index in [9.17, 15) is 9.59 Å². The van der Waals surface area contributed by atoms with Crippen molar-refractivity contribution in [3.8, 4) is 11.5 Å². The molecule has 1 aromatic carbocycles. The number of methoxy groups -OCH3 is 3. The highest BCUT2D eigenvalue weighted by atomic mass is 16.5. The number of esters is 1. The molecule has 1 aromatic rings. The predicted molar refractivity (Wildman–Crippen MR) is 65.1 cm³/mol. The first-order valence-electron chi connectivity index (χ1n) is 5.38. The van der Waals surface area contributed by atoms with Crippen LogP contribution in [0.25, 0.3) is 0 Å². The third kappa shape index (κ3) is 3.00. The summed E-state index contributed by atoms with van der Waals surface area (Å²) < 4.78 is 14.7. The summed E-state index contributed by atoms with van der Waals surface area (Å²) in [6.45, 7) is 1.50. The molecule has 0 aliphatic carbocycles. The Hall–Kier alpha value is -2.04. The van der Waals surface area contributed by atoms with Crippen molar-refractivity contribution in [1.82, 2.24) is 0 Å². The molecule has 0 heterocycles. The van der Waals surface area contributed by atoms with Gasteiger partial charge in [0.05, 0.1) is 21.3 Å². The normalized spacial score (nSPS) is 11.6. The molecule has 0 aromatic heterocycles. The lowest BCUT2D eigenvalue weighted by molar-refractivity contribution is -0.143. The van der Waals surface area contributed by atoms with Gasteiger partial charge in [-0.2, -0.15) is 0 Å². The van der Waals surface area contributed by atoms with E-state index in [0.29, 0.717) is 17.1 Å². The van der Waals surface area contributed by atoms with Gasteiger partial charge in [0.25, 0.3) is 0 Å². The summed E-state index contributed by atoms with van der Waals surface area (Å²) in [5.74, 6) is -0.766. The fraction of sp³-hybridized carbons (Fsp3) is 0.385. The van der Waals surface area contributed by atoms with Gasteiger partial charge in [0.15, 0.2) is 5.78 Å². The maximum atomic E-state index is 12.1. The van der Waals surface area contributed by atoms with E-state index in [1.54, 1.807) is 18.2 Å². The summed E-state index contributed by atoms with van der Waals surface area (Å²) >= 11 is 0. The summed E-state index contributed by atoms with van der Waals surface area (Å²) in [6.07, 6.45) is 0. The minimum atomic E-state index is -0.855. The smallest absolute Gasteiger partial charge is 0.316 e. The van der Waals surface area contributed by atoms with E-state index in [1.165, 1.54) is 28.3 Å². The van der Waals surface area contributed by atoms with Crippen LogP contribution in [-0.4, -0.2) is 33.1 Å². The molecule has 0 saturated heterocycles. The predicted octanol–water partition coefficient (Wildman–Crippen LogP) is 1.70. The van der Waals surface area contributed by atoms with Crippen molar-refractivity contribution in [3.05, 3.63) is 23.8 Å². The van der Waals surface area contributed by atoms with Crippen LogP contribution in [0.3, 0.4) is 0 Å². The lowest BCUT2D eigenvalue weighted by atomic mass is 9.99. The number of carbonyl (C=O) groups excluding carboxylic acids is 2. The van der Waals surface area contributed by atoms with Gasteiger partial charge in [-0.15, -0.1) is 0 Å². The number of Topliss-reactive ketones (excluding diaryl/α,β-unsaturated/α-hetero) is 1. The summed E-state index contributed by atoms with van der Waals surface area (Å²) in [7, 11) is 4.23. The van der Waals surface area contributed by atoms with E-state index in [0.717, 1.165) is 0 Å². The van der Waals surface area contributed by atoms with Gasteiger partial charge in [-0.05, 0) is 19.1 Å². The fourth-order valence-corrected chi connectivity index (χ4v) is 1.48. The number of benzene rings is 1. The van der Waals surface area contributed by atoms with Crippen molar-refractivity contribution in [2.24, 2.45) is 5.92 Å². The standard InChI is InChI=1S/C13H16O5/c1-8(13(15)18-4)12(14)9-5-10(16-2)7-11(6-9)17-3/h5-8H,1-4H3. The monoisotopic (exact) mass is 252 g/mol. The Balaban J connectivity index is 3.08. The van der Waals surface area contributed by atoms with Crippen molar-refractivity contribution < 1.29 is 23.8 Å². The van der Waals surface area contributed by atoms with Crippen molar-refractivity contribution in [3.63, 3.8) is 0 Å². The van der Waals surface area contributed by atoms with Gasteiger partial charge in [0, 0.05) is 11.6 Å². The van der Waals surface area contributed by atoms with Gasteiger partial charge in [-0.1, -0.05) is 0 Å². The summed E-state index contributed by atoms with van der Waals surface area (Å²) in [5, 5.41) is 0. The lowest BCUT2D eigenvalue weighted by Gasteiger charge is -2.11. The minimum Gasteiger partial charge on any atom is -0.497 e. The van der Waals surface area contributed by atoms with Gasteiger partial charge < -0.3 is 14.2 Å². The zero-order valence-electron chi connectivity index (χ0n) is 10.9. The number of rotatable bonds is 5. The number of carbonyl (C=O) groups is 2. The summed E-state index contributed by atoms with van der Waals surface area (Å²) in [6, 6.07) is 4.77. The zero-order valence-corrected chi connectivity index (χ0v) is 10.9. The van der Waals surface area contributed by atoms with Crippen molar-refractivity contribution in [2.45, 2.75) is 6.92 Å². The SMILES string of the molecule is COC(=O)C(C)C(=O)c1cc(OC)cc(OC)c1. The van der Waals surface area contributed by atoms with Gasteiger partial charge >= 0.3 is 5.97 Å². The maximum absolute atomic E-state index is 12.1. The molecule has 0 spiro atoms. The van der Waals surface area contributed by atoms with Crippen LogP contribution in [-0.2, 0) is 9.53 Å². The highest BCUT2D eigenvalue weighted by molar-refractivity contribution is 6.08. The third-order valence-corrected chi connectivity index (χ3v) is 2.58. The van der Waals surface area contributed by atoms with Crippen LogP contribution in [0.15, 0.2) is 18.2 Å². The molecule has 0 radical (unpaired) electrons. The van der Waals surface area contributed by atoms with Crippen LogP contribution in [0.4, 0.5) is 0 Å². The average molecular weight is 252 g/mol. The molecule has 0 aliphatic rings. The van der Waals surface area contributed by atoms with E-state index < -0.39 is 11.9 Å². The zero-order chi connectivity index (χ0) is 13.7. The maximum Gasteiger partial charge on any atom is 0.316 e. The fourth-order valence-electron chi connectivity index (χ4n) is 1.48. The highest BCUT2D eigenvalue weighted by Gasteiger charge is 2.24. The van der Waals surface area contributed by atoms with E-state index in [1.807, 2.05) is 0 Å². The second kappa shape index (κ2) is 6.05. The van der Waals surface area contributed by atoms with Crippen molar-refractivity contribution in [2.75, 3.05) is 21.3 Å². The lowest BCUT2D eigenvalue weighted by Crippen LogP contribution is -2.22. The molecule has 0 fully saturated rings. The Morgan fingerprint density at radius 1 is 1.00 bits per heavy atom. The van der Waals surface area contributed by atoms with Crippen molar-refractivity contribution >= 4 is 11.8 Å². The quantitative estimate of drug-likeness (QED) is 0.453. The van der Waals surface area contributed by atoms with Crippen LogP contribution in [0, 0.1) is 5.92 Å². The van der Waals surface area contributed by atoms with Gasteiger partial charge in [-0.3, -0.25) is 9.59 Å². The molecule has 0 amide bonds. The molecule has 0 N–H and O–H groups in total. The number of ether oxygens (including phenoxy) is 3. The average Bonchev–Trinajstić information content (AvgIpc) is 2.43.